The first-order chi connectivity index (χ1) is 8.47. The maximum atomic E-state index is 3.60. The van der Waals surface area contributed by atoms with Crippen LogP contribution in [0.4, 0.5) is 0 Å². The van der Waals surface area contributed by atoms with Crippen molar-refractivity contribution in [1.29, 1.82) is 0 Å². The van der Waals surface area contributed by atoms with E-state index in [9.17, 15) is 0 Å². The van der Waals surface area contributed by atoms with Gasteiger partial charge in [-0.1, -0.05) is 28.1 Å². The highest BCUT2D eigenvalue weighted by Gasteiger charge is 2.19. The summed E-state index contributed by atoms with van der Waals surface area (Å²) in [4.78, 5) is 1.34. The fourth-order valence-electron chi connectivity index (χ4n) is 1.72. The lowest BCUT2D eigenvalue weighted by atomic mass is 9.94. The van der Waals surface area contributed by atoms with Crippen molar-refractivity contribution in [3.05, 3.63) is 55.1 Å². The summed E-state index contributed by atoms with van der Waals surface area (Å²) in [7, 11) is 0. The van der Waals surface area contributed by atoms with Gasteiger partial charge in [-0.3, -0.25) is 0 Å². The van der Waals surface area contributed by atoms with Crippen molar-refractivity contribution in [2.24, 2.45) is 0 Å². The summed E-state index contributed by atoms with van der Waals surface area (Å²) in [6.45, 7) is 5.30. The zero-order valence-electron chi connectivity index (χ0n) is 10.3. The van der Waals surface area contributed by atoms with E-state index in [1.807, 2.05) is 0 Å². The van der Waals surface area contributed by atoms with Crippen LogP contribution in [-0.4, -0.2) is 0 Å². The molecule has 1 aromatic heterocycles. The minimum atomic E-state index is -0.0306. The largest absolute Gasteiger partial charge is 0.303 e. The Morgan fingerprint density at radius 3 is 2.33 bits per heavy atom. The molecule has 2 rings (SSSR count). The minimum absolute atomic E-state index is 0.0306. The molecule has 0 spiro atoms. The van der Waals surface area contributed by atoms with Crippen LogP contribution in [0.2, 0.25) is 0 Å². The van der Waals surface area contributed by atoms with Crippen LogP contribution in [0.1, 0.15) is 24.3 Å². The standard InChI is InChI=1S/C14H15Br2NS/c1-14(2,10-3-5-11(15)6-4-10)17-8-13-7-12(16)9-18-13/h3-7,9,17H,8H2,1-2H3. The van der Waals surface area contributed by atoms with E-state index < -0.39 is 0 Å². The number of nitrogens with one attached hydrogen (secondary N) is 1. The summed E-state index contributed by atoms with van der Waals surface area (Å²) in [6.07, 6.45) is 0. The molecule has 2 aromatic rings. The van der Waals surface area contributed by atoms with Crippen molar-refractivity contribution in [1.82, 2.24) is 5.32 Å². The number of hydrogen-bond donors (Lipinski definition) is 1. The molecular formula is C14H15Br2NS. The molecule has 0 aliphatic rings. The Balaban J connectivity index is 2.04. The van der Waals surface area contributed by atoms with Crippen LogP contribution in [0.15, 0.2) is 44.7 Å². The van der Waals surface area contributed by atoms with Crippen LogP contribution in [0.5, 0.6) is 0 Å². The third kappa shape index (κ3) is 3.67. The molecule has 0 aliphatic carbocycles. The van der Waals surface area contributed by atoms with Crippen LogP contribution in [-0.2, 0) is 12.1 Å². The Morgan fingerprint density at radius 1 is 1.11 bits per heavy atom. The molecule has 0 atom stereocenters. The molecule has 0 aliphatic heterocycles. The molecule has 1 nitrogen and oxygen atoms in total. The van der Waals surface area contributed by atoms with E-state index in [1.165, 1.54) is 10.4 Å². The maximum Gasteiger partial charge on any atom is 0.0380 e. The smallest absolute Gasteiger partial charge is 0.0380 e. The topological polar surface area (TPSA) is 12.0 Å². The third-order valence-corrected chi connectivity index (χ3v) is 5.12. The zero-order chi connectivity index (χ0) is 13.2. The summed E-state index contributed by atoms with van der Waals surface area (Å²) in [5.41, 5.74) is 1.26. The van der Waals surface area contributed by atoms with Gasteiger partial charge in [-0.25, -0.2) is 0 Å². The number of hydrogen-bond acceptors (Lipinski definition) is 2. The summed E-state index contributed by atoms with van der Waals surface area (Å²) >= 11 is 8.72. The van der Waals surface area contributed by atoms with E-state index in [0.29, 0.717) is 0 Å². The molecule has 96 valence electrons. The molecule has 0 saturated carbocycles. The summed E-state index contributed by atoms with van der Waals surface area (Å²) in [5, 5.41) is 5.71. The minimum Gasteiger partial charge on any atom is -0.303 e. The van der Waals surface area contributed by atoms with E-state index in [-0.39, 0.29) is 5.54 Å². The van der Waals surface area contributed by atoms with Gasteiger partial charge in [0.2, 0.25) is 0 Å². The van der Waals surface area contributed by atoms with E-state index in [2.05, 4.69) is 86.7 Å². The summed E-state index contributed by atoms with van der Waals surface area (Å²) in [6, 6.07) is 10.6. The molecule has 0 unspecified atom stereocenters. The van der Waals surface area contributed by atoms with Gasteiger partial charge in [0.25, 0.3) is 0 Å². The third-order valence-electron chi connectivity index (χ3n) is 2.89. The van der Waals surface area contributed by atoms with Gasteiger partial charge >= 0.3 is 0 Å². The van der Waals surface area contributed by atoms with Crippen LogP contribution < -0.4 is 5.32 Å². The average Bonchev–Trinajstić information content (AvgIpc) is 2.73. The molecule has 1 N–H and O–H groups in total. The predicted molar refractivity (Wildman–Crippen MR) is 86.0 cm³/mol. The van der Waals surface area contributed by atoms with Crippen molar-refractivity contribution in [2.45, 2.75) is 25.9 Å². The second kappa shape index (κ2) is 5.87. The van der Waals surface area contributed by atoms with Crippen LogP contribution in [0, 0.1) is 0 Å². The molecule has 0 bridgehead atoms. The Kier molecular flexibility index (Phi) is 4.64. The summed E-state index contributed by atoms with van der Waals surface area (Å²) in [5.74, 6) is 0. The molecule has 1 aromatic carbocycles. The lowest BCUT2D eigenvalue weighted by Gasteiger charge is -2.27. The predicted octanol–water partition coefficient (Wildman–Crippen LogP) is 5.30. The molecule has 0 radical (unpaired) electrons. The van der Waals surface area contributed by atoms with Gasteiger partial charge in [-0.05, 0) is 53.5 Å². The van der Waals surface area contributed by atoms with Crippen molar-refractivity contribution in [3.8, 4) is 0 Å². The molecule has 4 heteroatoms. The van der Waals surface area contributed by atoms with E-state index in [0.717, 1.165) is 15.5 Å². The second-order valence-corrected chi connectivity index (χ2v) is 7.54. The fourth-order valence-corrected chi connectivity index (χ4v) is 3.38. The quantitative estimate of drug-likeness (QED) is 0.749. The monoisotopic (exact) mass is 387 g/mol. The molecule has 0 fully saturated rings. The first-order valence-electron chi connectivity index (χ1n) is 5.71. The van der Waals surface area contributed by atoms with Gasteiger partial charge in [0, 0.05) is 31.3 Å². The van der Waals surface area contributed by atoms with Gasteiger partial charge < -0.3 is 5.32 Å². The highest BCUT2D eigenvalue weighted by Crippen LogP contribution is 2.24. The second-order valence-electron chi connectivity index (χ2n) is 4.72. The first kappa shape index (κ1) is 14.3. The number of rotatable bonds is 4. The van der Waals surface area contributed by atoms with Gasteiger partial charge in [0.05, 0.1) is 0 Å². The molecule has 0 saturated heterocycles. The van der Waals surface area contributed by atoms with Crippen molar-refractivity contribution in [2.75, 3.05) is 0 Å². The van der Waals surface area contributed by atoms with E-state index >= 15 is 0 Å². The normalized spacial score (nSPS) is 11.8. The van der Waals surface area contributed by atoms with Crippen molar-refractivity contribution in [3.63, 3.8) is 0 Å². The fraction of sp³-hybridized carbons (Fsp3) is 0.286. The highest BCUT2D eigenvalue weighted by molar-refractivity contribution is 9.10. The Hall–Kier alpha value is -0.160. The molecular weight excluding hydrogens is 374 g/mol. The van der Waals surface area contributed by atoms with Crippen LogP contribution in [0.3, 0.4) is 0 Å². The lowest BCUT2D eigenvalue weighted by molar-refractivity contribution is 0.403. The Bertz CT molecular complexity index is 517. The van der Waals surface area contributed by atoms with Gasteiger partial charge in [0.15, 0.2) is 0 Å². The lowest BCUT2D eigenvalue weighted by Crippen LogP contribution is -2.35. The average molecular weight is 389 g/mol. The number of benzene rings is 1. The zero-order valence-corrected chi connectivity index (χ0v) is 14.3. The Morgan fingerprint density at radius 2 is 1.78 bits per heavy atom. The van der Waals surface area contributed by atoms with Gasteiger partial charge in [-0.15, -0.1) is 11.3 Å². The van der Waals surface area contributed by atoms with Crippen LogP contribution in [0.25, 0.3) is 0 Å². The molecule has 18 heavy (non-hydrogen) atoms. The number of halogens is 2. The Labute approximate surface area is 129 Å². The van der Waals surface area contributed by atoms with E-state index in [4.69, 9.17) is 0 Å². The van der Waals surface area contributed by atoms with Gasteiger partial charge in [-0.2, -0.15) is 0 Å². The van der Waals surface area contributed by atoms with Crippen molar-refractivity contribution >= 4 is 43.2 Å². The first-order valence-corrected chi connectivity index (χ1v) is 8.18. The SMILES string of the molecule is CC(C)(NCc1cc(Br)cs1)c1ccc(Br)cc1. The summed E-state index contributed by atoms with van der Waals surface area (Å²) < 4.78 is 2.27. The van der Waals surface area contributed by atoms with Crippen molar-refractivity contribution < 1.29 is 0 Å². The maximum absolute atomic E-state index is 3.60. The van der Waals surface area contributed by atoms with Gasteiger partial charge in [0.1, 0.15) is 0 Å². The van der Waals surface area contributed by atoms with Crippen LogP contribution >= 0.6 is 43.2 Å². The highest BCUT2D eigenvalue weighted by atomic mass is 79.9. The number of thiophene rings is 1. The van der Waals surface area contributed by atoms with E-state index in [1.54, 1.807) is 11.3 Å². The molecule has 1 heterocycles. The molecule has 0 amide bonds.